The van der Waals surface area contributed by atoms with Gasteiger partial charge in [0, 0.05) is 56.6 Å². The van der Waals surface area contributed by atoms with Gasteiger partial charge in [-0.05, 0) is 65.9 Å². The third-order valence-corrected chi connectivity index (χ3v) is 8.26. The minimum Gasteiger partial charge on any atom is -0.493 e. The third-order valence-electron chi connectivity index (χ3n) is 7.27. The fourth-order valence-corrected chi connectivity index (χ4v) is 6.11. The van der Waals surface area contributed by atoms with Crippen molar-refractivity contribution in [3.8, 4) is 27.3 Å². The molecule has 222 valence electrons. The lowest BCUT2D eigenvalue weighted by atomic mass is 9.93. The van der Waals surface area contributed by atoms with Crippen molar-refractivity contribution in [1.29, 1.82) is 0 Å². The lowest BCUT2D eigenvalue weighted by Gasteiger charge is -2.17. The van der Waals surface area contributed by atoms with Crippen LogP contribution >= 0.6 is 11.3 Å². The van der Waals surface area contributed by atoms with Gasteiger partial charge in [-0.25, -0.2) is 19.2 Å². The smallest absolute Gasteiger partial charge is 0.355 e. The highest BCUT2D eigenvalue weighted by Gasteiger charge is 2.26. The van der Waals surface area contributed by atoms with E-state index in [1.807, 2.05) is 18.4 Å². The Kier molecular flexibility index (Phi) is 7.66. The molecular formula is C32H26FN5O5S. The van der Waals surface area contributed by atoms with E-state index in [9.17, 15) is 23.9 Å². The zero-order valence-corrected chi connectivity index (χ0v) is 24.3. The number of nitrogens with two attached hydrogens (primary N) is 1. The topological polar surface area (TPSA) is 157 Å². The summed E-state index contributed by atoms with van der Waals surface area (Å²) in [5, 5.41) is 18.2. The quantitative estimate of drug-likeness (QED) is 0.181. The van der Waals surface area contributed by atoms with Crippen LogP contribution in [-0.2, 0) is 6.42 Å². The van der Waals surface area contributed by atoms with Crippen LogP contribution in [0.15, 0.2) is 60.1 Å². The molecule has 4 heterocycles. The predicted octanol–water partition coefficient (Wildman–Crippen LogP) is 5.77. The Morgan fingerprint density at radius 1 is 1.05 bits per heavy atom. The Hall–Kier alpha value is -5.36. The molecule has 2 aromatic carbocycles. The zero-order valence-electron chi connectivity index (χ0n) is 23.4. The number of aromatic carboxylic acids is 1. The molecule has 12 heteroatoms. The van der Waals surface area contributed by atoms with Crippen LogP contribution in [0.3, 0.4) is 0 Å². The Morgan fingerprint density at radius 3 is 2.68 bits per heavy atom. The number of ether oxygens (including phenoxy) is 1. The first-order valence-corrected chi connectivity index (χ1v) is 14.7. The maximum atomic E-state index is 14.6. The van der Waals surface area contributed by atoms with Crippen molar-refractivity contribution in [3.05, 3.63) is 88.4 Å². The number of benzene rings is 2. The zero-order chi connectivity index (χ0) is 31.0. The molecule has 2 amide bonds. The number of halogens is 1. The van der Waals surface area contributed by atoms with Gasteiger partial charge in [-0.2, -0.15) is 0 Å². The van der Waals surface area contributed by atoms with Gasteiger partial charge in [-0.3, -0.25) is 9.59 Å². The molecular weight excluding hydrogens is 585 g/mol. The van der Waals surface area contributed by atoms with Gasteiger partial charge in [0.2, 0.25) is 0 Å². The predicted molar refractivity (Wildman–Crippen MR) is 166 cm³/mol. The second-order valence-electron chi connectivity index (χ2n) is 10.1. The first kappa shape index (κ1) is 28.7. The van der Waals surface area contributed by atoms with Gasteiger partial charge in [0.15, 0.2) is 5.69 Å². The van der Waals surface area contributed by atoms with E-state index in [-0.39, 0.29) is 33.6 Å². The highest BCUT2D eigenvalue weighted by molar-refractivity contribution is 7.13. The molecule has 0 saturated carbocycles. The maximum absolute atomic E-state index is 14.6. The van der Waals surface area contributed by atoms with E-state index in [0.29, 0.717) is 48.4 Å². The van der Waals surface area contributed by atoms with Gasteiger partial charge in [-0.15, -0.1) is 11.3 Å². The number of amides is 2. The van der Waals surface area contributed by atoms with Gasteiger partial charge in [0.1, 0.15) is 23.1 Å². The summed E-state index contributed by atoms with van der Waals surface area (Å²) in [6.07, 6.45) is 2.37. The van der Waals surface area contributed by atoms with Crippen LogP contribution in [0.25, 0.3) is 32.3 Å². The molecule has 1 aliphatic heterocycles. The normalized spacial score (nSPS) is 12.0. The van der Waals surface area contributed by atoms with E-state index in [2.05, 4.69) is 20.6 Å². The summed E-state index contributed by atoms with van der Waals surface area (Å²) in [7, 11) is 0. The van der Waals surface area contributed by atoms with Crippen molar-refractivity contribution in [3.63, 3.8) is 0 Å². The summed E-state index contributed by atoms with van der Waals surface area (Å²) in [6, 6.07) is 12.8. The largest absolute Gasteiger partial charge is 0.493 e. The minimum absolute atomic E-state index is 0.0632. The van der Waals surface area contributed by atoms with Crippen molar-refractivity contribution in [2.75, 3.05) is 24.2 Å². The Labute approximate surface area is 254 Å². The molecule has 0 unspecified atom stereocenters. The molecule has 0 atom stereocenters. The Bertz CT molecular complexity index is 1970. The number of nitrogen functional groups attached to an aromatic ring is 1. The summed E-state index contributed by atoms with van der Waals surface area (Å²) in [5.74, 6) is -2.42. The average molecular weight is 612 g/mol. The second kappa shape index (κ2) is 11.7. The second-order valence-corrected chi connectivity index (χ2v) is 11.0. The number of carboxylic acids is 1. The summed E-state index contributed by atoms with van der Waals surface area (Å²) >= 11 is 1.51. The van der Waals surface area contributed by atoms with Crippen molar-refractivity contribution in [1.82, 2.24) is 15.3 Å². The van der Waals surface area contributed by atoms with Gasteiger partial charge in [-0.1, -0.05) is 6.92 Å². The molecule has 1 aliphatic rings. The number of hydrogen-bond donors (Lipinski definition) is 4. The molecule has 5 aromatic rings. The molecule has 5 N–H and O–H groups in total. The van der Waals surface area contributed by atoms with Crippen LogP contribution in [0.5, 0.6) is 5.75 Å². The van der Waals surface area contributed by atoms with Crippen molar-refractivity contribution in [2.45, 2.75) is 19.8 Å². The lowest BCUT2D eigenvalue weighted by Crippen LogP contribution is -2.25. The van der Waals surface area contributed by atoms with Gasteiger partial charge >= 0.3 is 5.97 Å². The van der Waals surface area contributed by atoms with E-state index in [1.165, 1.54) is 29.5 Å². The van der Waals surface area contributed by atoms with E-state index in [0.717, 1.165) is 16.6 Å². The fraction of sp³-hybridized carbons (Fsp3) is 0.156. The molecule has 10 nitrogen and oxygen atoms in total. The van der Waals surface area contributed by atoms with E-state index in [1.54, 1.807) is 24.3 Å². The maximum Gasteiger partial charge on any atom is 0.355 e. The molecule has 44 heavy (non-hydrogen) atoms. The van der Waals surface area contributed by atoms with Gasteiger partial charge < -0.3 is 26.2 Å². The number of carbonyl (C=O) groups is 3. The van der Waals surface area contributed by atoms with Crippen LogP contribution < -0.4 is 21.1 Å². The van der Waals surface area contributed by atoms with Gasteiger partial charge in [0.25, 0.3) is 11.8 Å². The highest BCUT2D eigenvalue weighted by Crippen LogP contribution is 2.43. The van der Waals surface area contributed by atoms with Crippen molar-refractivity contribution < 1.29 is 28.6 Å². The first-order valence-electron chi connectivity index (χ1n) is 13.8. The number of nitrogens with zero attached hydrogens (tertiary/aromatic N) is 2. The SMILES string of the molecule is CCCNC(=O)c1ccc(-c2cc3c(cc2C(=O)Nc2ccc4c(N)ncc(F)c4c2)-c2sccc2CCO3)c(C(=O)O)n1. The number of anilines is 2. The number of hydrogen-bond acceptors (Lipinski definition) is 8. The van der Waals surface area contributed by atoms with Crippen LogP contribution in [-0.4, -0.2) is 46.0 Å². The van der Waals surface area contributed by atoms with Gasteiger partial charge in [0.05, 0.1) is 12.8 Å². The number of rotatable bonds is 7. The molecule has 0 radical (unpaired) electrons. The minimum atomic E-state index is -1.37. The fourth-order valence-electron chi connectivity index (χ4n) is 5.13. The standard InChI is InChI=1S/C32H26FN5O5S/c1-2-9-35-31(40)25-6-5-18(27(38-25)32(41)42)20-14-26-23(28-16(7-10-43-26)8-11-44-28)13-22(20)30(39)37-17-3-4-19-21(12-17)24(33)15-36-29(19)34/h3-6,8,11-15H,2,7,9-10H2,1H3,(H2,34,36)(H,35,40)(H,37,39)(H,41,42). The Balaban J connectivity index is 1.50. The van der Waals surface area contributed by atoms with E-state index < -0.39 is 29.3 Å². The van der Waals surface area contributed by atoms with Crippen LogP contribution in [0.4, 0.5) is 15.9 Å². The molecule has 0 spiro atoms. The summed E-state index contributed by atoms with van der Waals surface area (Å²) in [5.41, 5.74) is 7.98. The molecule has 0 saturated heterocycles. The number of fused-ring (bicyclic) bond motifs is 4. The number of pyridine rings is 2. The molecule has 0 bridgehead atoms. The summed E-state index contributed by atoms with van der Waals surface area (Å²) < 4.78 is 20.6. The number of aromatic nitrogens is 2. The number of thiophene rings is 1. The Morgan fingerprint density at radius 2 is 1.89 bits per heavy atom. The van der Waals surface area contributed by atoms with Crippen LogP contribution in [0.1, 0.15) is 50.2 Å². The summed E-state index contributed by atoms with van der Waals surface area (Å²) in [4.78, 5) is 47.9. The monoisotopic (exact) mass is 611 g/mol. The van der Waals surface area contributed by atoms with E-state index in [4.69, 9.17) is 10.5 Å². The molecule has 3 aromatic heterocycles. The number of carbonyl (C=O) groups excluding carboxylic acids is 2. The third kappa shape index (κ3) is 5.31. The van der Waals surface area contributed by atoms with Crippen molar-refractivity contribution in [2.24, 2.45) is 0 Å². The average Bonchev–Trinajstić information content (AvgIpc) is 3.42. The van der Waals surface area contributed by atoms with Crippen LogP contribution in [0, 0.1) is 5.82 Å². The van der Waals surface area contributed by atoms with E-state index >= 15 is 0 Å². The lowest BCUT2D eigenvalue weighted by molar-refractivity contribution is 0.0691. The summed E-state index contributed by atoms with van der Waals surface area (Å²) in [6.45, 7) is 2.69. The molecule has 0 aliphatic carbocycles. The first-order chi connectivity index (χ1) is 21.2. The number of carboxylic acid groups (broad SMARTS) is 1. The molecule has 6 rings (SSSR count). The molecule has 0 fully saturated rings. The number of nitrogens with one attached hydrogen (secondary N) is 2. The highest BCUT2D eigenvalue weighted by atomic mass is 32.1. The van der Waals surface area contributed by atoms with Crippen molar-refractivity contribution >= 4 is 51.4 Å². The van der Waals surface area contributed by atoms with Crippen LogP contribution in [0.2, 0.25) is 0 Å².